The molecule has 0 saturated carbocycles. The molecule has 0 bridgehead atoms. The minimum Gasteiger partial charge on any atom is -0.494 e. The fourth-order valence-electron chi connectivity index (χ4n) is 3.90. The summed E-state index contributed by atoms with van der Waals surface area (Å²) in [5.74, 6) is 1.44. The zero-order valence-corrected chi connectivity index (χ0v) is 19.5. The smallest absolute Gasteiger partial charge is 0.332 e. The van der Waals surface area contributed by atoms with Gasteiger partial charge in [-0.25, -0.2) is 4.79 Å². The number of hydrogen-bond donors (Lipinski definition) is 0. The molecule has 172 valence electrons. The van der Waals surface area contributed by atoms with E-state index in [1.807, 2.05) is 62.4 Å². The lowest BCUT2D eigenvalue weighted by Crippen LogP contribution is -2.40. The topological polar surface area (TPSA) is 92.2 Å². The Labute approximate surface area is 198 Å². The van der Waals surface area contributed by atoms with Crippen molar-refractivity contribution in [3.8, 4) is 17.1 Å². The van der Waals surface area contributed by atoms with E-state index < -0.39 is 5.69 Å². The van der Waals surface area contributed by atoms with E-state index in [0.717, 1.165) is 16.7 Å². The van der Waals surface area contributed by atoms with E-state index in [9.17, 15) is 9.59 Å². The number of thiophene rings is 1. The lowest BCUT2D eigenvalue weighted by molar-refractivity contribution is 0.340. The highest BCUT2D eigenvalue weighted by molar-refractivity contribution is 7.17. The summed E-state index contributed by atoms with van der Waals surface area (Å²) in [7, 11) is 0. The third-order valence-corrected chi connectivity index (χ3v) is 6.43. The second-order valence-electron chi connectivity index (χ2n) is 7.80. The molecule has 3 heterocycles. The van der Waals surface area contributed by atoms with E-state index in [-0.39, 0.29) is 24.5 Å². The predicted octanol–water partition coefficient (Wildman–Crippen LogP) is 4.08. The predicted molar refractivity (Wildman–Crippen MR) is 131 cm³/mol. The molecule has 0 fully saturated rings. The maximum absolute atomic E-state index is 13.5. The largest absolute Gasteiger partial charge is 0.494 e. The van der Waals surface area contributed by atoms with Gasteiger partial charge in [-0.05, 0) is 48.6 Å². The minimum absolute atomic E-state index is 0.0597. The van der Waals surface area contributed by atoms with Crippen molar-refractivity contribution in [1.82, 2.24) is 19.3 Å². The van der Waals surface area contributed by atoms with Crippen LogP contribution in [0.25, 0.3) is 21.6 Å². The van der Waals surface area contributed by atoms with E-state index >= 15 is 0 Å². The number of hydrogen-bond acceptors (Lipinski definition) is 7. The number of nitrogens with zero attached hydrogens (tertiary/aromatic N) is 4. The number of ether oxygens (including phenoxy) is 1. The number of aromatic nitrogens is 4. The fourth-order valence-corrected chi connectivity index (χ4v) is 4.74. The van der Waals surface area contributed by atoms with Gasteiger partial charge in [-0.1, -0.05) is 41.6 Å². The molecule has 5 rings (SSSR count). The average molecular weight is 475 g/mol. The standard InChI is InChI=1S/C25H22N4O4S/c1-3-32-18-9-6-8-17(13-18)14-29-24(30)22-20(11-12-34-22)28(25(29)31)15-21-26-23(27-33-21)19-10-5-4-7-16(19)2/h4-13H,3,14-15H2,1-2H3. The van der Waals surface area contributed by atoms with Crippen molar-refractivity contribution in [2.75, 3.05) is 6.61 Å². The number of fused-ring (bicyclic) bond motifs is 1. The molecule has 0 spiro atoms. The summed E-state index contributed by atoms with van der Waals surface area (Å²) in [6, 6.07) is 16.9. The van der Waals surface area contributed by atoms with E-state index in [0.29, 0.717) is 28.4 Å². The monoisotopic (exact) mass is 474 g/mol. The third-order valence-electron chi connectivity index (χ3n) is 5.53. The van der Waals surface area contributed by atoms with Gasteiger partial charge in [0, 0.05) is 5.56 Å². The first-order valence-corrected chi connectivity index (χ1v) is 11.7. The van der Waals surface area contributed by atoms with Crippen LogP contribution in [0.5, 0.6) is 5.75 Å². The molecule has 0 saturated heterocycles. The average Bonchev–Trinajstić information content (AvgIpc) is 3.50. The summed E-state index contributed by atoms with van der Waals surface area (Å²) >= 11 is 1.30. The molecule has 0 N–H and O–H groups in total. The van der Waals surface area contributed by atoms with Gasteiger partial charge in [-0.3, -0.25) is 13.9 Å². The van der Waals surface area contributed by atoms with E-state index in [2.05, 4.69) is 10.1 Å². The summed E-state index contributed by atoms with van der Waals surface area (Å²) in [6.07, 6.45) is 0. The van der Waals surface area contributed by atoms with Crippen molar-refractivity contribution < 1.29 is 9.26 Å². The lowest BCUT2D eigenvalue weighted by Gasteiger charge is -2.11. The molecule has 5 aromatic rings. The quantitative estimate of drug-likeness (QED) is 0.353. The minimum atomic E-state index is -0.437. The Balaban J connectivity index is 1.54. The van der Waals surface area contributed by atoms with E-state index in [4.69, 9.17) is 9.26 Å². The molecule has 0 aliphatic rings. The van der Waals surface area contributed by atoms with E-state index in [1.54, 1.807) is 11.4 Å². The van der Waals surface area contributed by atoms with Gasteiger partial charge in [0.2, 0.25) is 11.7 Å². The highest BCUT2D eigenvalue weighted by atomic mass is 32.1. The van der Waals surface area contributed by atoms with Gasteiger partial charge in [0.1, 0.15) is 17.0 Å². The molecular formula is C25H22N4O4S. The molecule has 3 aromatic heterocycles. The highest BCUT2D eigenvalue weighted by Gasteiger charge is 2.18. The van der Waals surface area contributed by atoms with Crippen LogP contribution in [-0.4, -0.2) is 25.9 Å². The first-order valence-electron chi connectivity index (χ1n) is 10.9. The van der Waals surface area contributed by atoms with Crippen LogP contribution in [0.1, 0.15) is 23.9 Å². The summed E-state index contributed by atoms with van der Waals surface area (Å²) in [4.78, 5) is 31.1. The van der Waals surface area contributed by atoms with E-state index in [1.165, 1.54) is 20.5 Å². The molecule has 0 aliphatic carbocycles. The fraction of sp³-hybridized carbons (Fsp3) is 0.200. The molecule has 8 nitrogen and oxygen atoms in total. The number of rotatable bonds is 7. The summed E-state index contributed by atoms with van der Waals surface area (Å²) in [5, 5.41) is 5.89. The van der Waals surface area contributed by atoms with Crippen molar-refractivity contribution in [3.63, 3.8) is 0 Å². The van der Waals surface area contributed by atoms with Crippen LogP contribution in [0.15, 0.2) is 74.1 Å². The van der Waals surface area contributed by atoms with Gasteiger partial charge in [-0.2, -0.15) is 4.98 Å². The summed E-state index contributed by atoms with van der Waals surface area (Å²) in [5.41, 5.74) is 2.48. The first kappa shape index (κ1) is 21.8. The lowest BCUT2D eigenvalue weighted by atomic mass is 10.1. The molecule has 0 atom stereocenters. The highest BCUT2D eigenvalue weighted by Crippen LogP contribution is 2.21. The Morgan fingerprint density at radius 1 is 1.03 bits per heavy atom. The molecule has 0 unspecified atom stereocenters. The Morgan fingerprint density at radius 2 is 1.88 bits per heavy atom. The SMILES string of the molecule is CCOc1cccc(Cn2c(=O)c3sccc3n(Cc3nc(-c4ccccc4C)no3)c2=O)c1. The van der Waals surface area contributed by atoms with Gasteiger partial charge in [-0.15, -0.1) is 11.3 Å². The normalized spacial score (nSPS) is 11.2. The van der Waals surface area contributed by atoms with Crippen LogP contribution in [-0.2, 0) is 13.1 Å². The molecule has 0 radical (unpaired) electrons. The molecule has 0 aliphatic heterocycles. The number of aryl methyl sites for hydroxylation is 1. The Kier molecular flexibility index (Phi) is 5.85. The maximum Gasteiger partial charge on any atom is 0.332 e. The van der Waals surface area contributed by atoms with Crippen LogP contribution < -0.4 is 16.0 Å². The molecule has 2 aromatic carbocycles. The molecule has 9 heteroatoms. The Hall–Kier alpha value is -3.98. The van der Waals surface area contributed by atoms with Crippen LogP contribution in [0.4, 0.5) is 0 Å². The molecule has 34 heavy (non-hydrogen) atoms. The zero-order valence-electron chi connectivity index (χ0n) is 18.7. The van der Waals surface area contributed by atoms with Gasteiger partial charge in [0.15, 0.2) is 0 Å². The van der Waals surface area contributed by atoms with Crippen LogP contribution >= 0.6 is 11.3 Å². The summed E-state index contributed by atoms with van der Waals surface area (Å²) < 4.78 is 14.3. The van der Waals surface area contributed by atoms with Crippen molar-refractivity contribution >= 4 is 21.6 Å². The van der Waals surface area contributed by atoms with Crippen LogP contribution in [0.2, 0.25) is 0 Å². The number of benzene rings is 2. The Morgan fingerprint density at radius 3 is 2.71 bits per heavy atom. The van der Waals surface area contributed by atoms with Crippen LogP contribution in [0, 0.1) is 6.92 Å². The van der Waals surface area contributed by atoms with Crippen molar-refractivity contribution in [1.29, 1.82) is 0 Å². The third kappa shape index (κ3) is 4.06. The second kappa shape index (κ2) is 9.11. The Bertz CT molecular complexity index is 1590. The maximum atomic E-state index is 13.5. The molecule has 0 amide bonds. The van der Waals surface area contributed by atoms with Gasteiger partial charge >= 0.3 is 5.69 Å². The zero-order chi connectivity index (χ0) is 23.7. The van der Waals surface area contributed by atoms with Crippen molar-refractivity contribution in [2.45, 2.75) is 26.9 Å². The first-order chi connectivity index (χ1) is 16.5. The second-order valence-corrected chi connectivity index (χ2v) is 8.72. The van der Waals surface area contributed by atoms with Crippen molar-refractivity contribution in [3.05, 3.63) is 97.8 Å². The van der Waals surface area contributed by atoms with Gasteiger partial charge in [0.25, 0.3) is 5.56 Å². The van der Waals surface area contributed by atoms with Crippen molar-refractivity contribution in [2.24, 2.45) is 0 Å². The van der Waals surface area contributed by atoms with Crippen LogP contribution in [0.3, 0.4) is 0 Å². The van der Waals surface area contributed by atoms with Gasteiger partial charge in [0.05, 0.1) is 18.7 Å². The molecular weight excluding hydrogens is 452 g/mol. The summed E-state index contributed by atoms with van der Waals surface area (Å²) in [6.45, 7) is 4.60. The van der Waals surface area contributed by atoms with Gasteiger partial charge < -0.3 is 9.26 Å².